The third kappa shape index (κ3) is 1.65. The Kier molecular flexibility index (Phi) is 2.58. The standard InChI is InChI=1S/C13H14O2S/c1-8-4-5-11-9(6-8)12(15)10(7-14)13(2,3)16-11/h4-7,14H,1-3H3/b10-7+. The molecule has 0 saturated heterocycles. The summed E-state index contributed by atoms with van der Waals surface area (Å²) in [5.74, 6) is -0.0649. The molecule has 2 rings (SSSR count). The summed E-state index contributed by atoms with van der Waals surface area (Å²) in [6.07, 6.45) is 0.945. The van der Waals surface area contributed by atoms with Crippen molar-refractivity contribution in [1.29, 1.82) is 0 Å². The molecule has 1 heterocycles. The van der Waals surface area contributed by atoms with Gasteiger partial charge in [0.15, 0.2) is 5.78 Å². The van der Waals surface area contributed by atoms with Crippen molar-refractivity contribution in [2.45, 2.75) is 30.4 Å². The van der Waals surface area contributed by atoms with Crippen LogP contribution < -0.4 is 0 Å². The summed E-state index contributed by atoms with van der Waals surface area (Å²) >= 11 is 1.61. The Balaban J connectivity index is 2.62. The van der Waals surface area contributed by atoms with E-state index in [4.69, 9.17) is 0 Å². The first-order valence-electron chi connectivity index (χ1n) is 5.15. The summed E-state index contributed by atoms with van der Waals surface area (Å²) in [7, 11) is 0. The first-order valence-corrected chi connectivity index (χ1v) is 5.96. The summed E-state index contributed by atoms with van der Waals surface area (Å²) in [5, 5.41) is 9.20. The second-order valence-corrected chi connectivity index (χ2v) is 6.15. The molecule has 0 saturated carbocycles. The number of carbonyl (C=O) groups excluding carboxylic acids is 1. The SMILES string of the molecule is Cc1ccc2c(c1)C(=O)/C(=C\O)C(C)(C)S2. The van der Waals surface area contributed by atoms with Crippen LogP contribution in [-0.2, 0) is 0 Å². The Labute approximate surface area is 99.4 Å². The minimum atomic E-state index is -0.367. The summed E-state index contributed by atoms with van der Waals surface area (Å²) in [6, 6.07) is 5.86. The molecule has 0 bridgehead atoms. The maximum atomic E-state index is 12.2. The first kappa shape index (κ1) is 11.3. The number of aliphatic hydroxyl groups is 1. The Bertz CT molecular complexity index is 487. The minimum absolute atomic E-state index is 0.0649. The van der Waals surface area contributed by atoms with Crippen molar-refractivity contribution in [3.05, 3.63) is 41.2 Å². The molecule has 1 aliphatic rings. The number of aryl methyl sites for hydroxylation is 1. The fourth-order valence-corrected chi connectivity index (χ4v) is 3.08. The molecule has 0 unspecified atom stereocenters. The quantitative estimate of drug-likeness (QED) is 0.551. The molecule has 1 aliphatic heterocycles. The summed E-state index contributed by atoms with van der Waals surface area (Å²) in [5.41, 5.74) is 2.23. The Morgan fingerprint density at radius 1 is 1.38 bits per heavy atom. The van der Waals surface area contributed by atoms with E-state index in [1.807, 2.05) is 39.0 Å². The maximum absolute atomic E-state index is 12.2. The average Bonchev–Trinajstić information content (AvgIpc) is 2.19. The van der Waals surface area contributed by atoms with Gasteiger partial charge < -0.3 is 5.11 Å². The highest BCUT2D eigenvalue weighted by Crippen LogP contribution is 2.45. The van der Waals surface area contributed by atoms with Gasteiger partial charge >= 0.3 is 0 Å². The molecule has 0 fully saturated rings. The second kappa shape index (κ2) is 3.67. The van der Waals surface area contributed by atoms with Crippen LogP contribution in [0.3, 0.4) is 0 Å². The number of rotatable bonds is 0. The molecule has 2 nitrogen and oxygen atoms in total. The third-order valence-electron chi connectivity index (χ3n) is 2.77. The zero-order valence-electron chi connectivity index (χ0n) is 9.57. The number of hydrogen-bond acceptors (Lipinski definition) is 3. The van der Waals surface area contributed by atoms with Gasteiger partial charge in [-0.2, -0.15) is 0 Å². The number of hydrogen-bond donors (Lipinski definition) is 1. The van der Waals surface area contributed by atoms with Gasteiger partial charge in [-0.25, -0.2) is 0 Å². The summed E-state index contributed by atoms with van der Waals surface area (Å²) in [4.78, 5) is 13.2. The number of aliphatic hydroxyl groups excluding tert-OH is 1. The lowest BCUT2D eigenvalue weighted by Gasteiger charge is -2.31. The third-order valence-corrected chi connectivity index (χ3v) is 4.07. The van der Waals surface area contributed by atoms with Crippen LogP contribution >= 0.6 is 11.8 Å². The maximum Gasteiger partial charge on any atom is 0.194 e. The molecule has 1 aromatic carbocycles. The highest BCUT2D eigenvalue weighted by molar-refractivity contribution is 8.01. The average molecular weight is 234 g/mol. The van der Waals surface area contributed by atoms with E-state index in [2.05, 4.69) is 0 Å². The molecule has 3 heteroatoms. The molecular formula is C13H14O2S. The Hall–Kier alpha value is -1.22. The van der Waals surface area contributed by atoms with Gasteiger partial charge in [-0.15, -0.1) is 11.8 Å². The first-order chi connectivity index (χ1) is 7.45. The monoisotopic (exact) mass is 234 g/mol. The van der Waals surface area contributed by atoms with Crippen LogP contribution in [-0.4, -0.2) is 15.6 Å². The highest BCUT2D eigenvalue weighted by atomic mass is 32.2. The normalized spacial score (nSPS) is 20.9. The van der Waals surface area contributed by atoms with Crippen molar-refractivity contribution in [2.75, 3.05) is 0 Å². The van der Waals surface area contributed by atoms with Gasteiger partial charge in [-0.1, -0.05) is 11.6 Å². The van der Waals surface area contributed by atoms with Crippen LogP contribution in [0.4, 0.5) is 0 Å². The van der Waals surface area contributed by atoms with E-state index in [0.717, 1.165) is 16.7 Å². The van der Waals surface area contributed by atoms with Crippen LogP contribution in [0.2, 0.25) is 0 Å². The predicted molar refractivity (Wildman–Crippen MR) is 66.2 cm³/mol. The molecule has 84 valence electrons. The lowest BCUT2D eigenvalue weighted by Crippen LogP contribution is -2.29. The van der Waals surface area contributed by atoms with Gasteiger partial charge in [-0.05, 0) is 32.9 Å². The van der Waals surface area contributed by atoms with Gasteiger partial charge in [0.05, 0.1) is 11.8 Å². The van der Waals surface area contributed by atoms with E-state index in [0.29, 0.717) is 11.1 Å². The van der Waals surface area contributed by atoms with E-state index in [1.54, 1.807) is 11.8 Å². The fraction of sp³-hybridized carbons (Fsp3) is 0.308. The van der Waals surface area contributed by atoms with Crippen LogP contribution in [0.15, 0.2) is 34.9 Å². The van der Waals surface area contributed by atoms with Crippen molar-refractivity contribution < 1.29 is 9.90 Å². The number of ketones is 1. The summed E-state index contributed by atoms with van der Waals surface area (Å²) in [6.45, 7) is 5.85. The number of benzene rings is 1. The molecule has 0 aromatic heterocycles. The van der Waals surface area contributed by atoms with Crippen LogP contribution in [0.5, 0.6) is 0 Å². The van der Waals surface area contributed by atoms with Gasteiger partial charge in [0.2, 0.25) is 0 Å². The van der Waals surface area contributed by atoms with E-state index in [-0.39, 0.29) is 10.5 Å². The molecular weight excluding hydrogens is 220 g/mol. The smallest absolute Gasteiger partial charge is 0.194 e. The van der Waals surface area contributed by atoms with Crippen molar-refractivity contribution in [2.24, 2.45) is 0 Å². The lowest BCUT2D eigenvalue weighted by atomic mass is 9.93. The Morgan fingerprint density at radius 2 is 2.06 bits per heavy atom. The van der Waals surface area contributed by atoms with E-state index in [1.165, 1.54) is 0 Å². The van der Waals surface area contributed by atoms with Crippen molar-refractivity contribution in [3.63, 3.8) is 0 Å². The van der Waals surface area contributed by atoms with Gasteiger partial charge in [0.25, 0.3) is 0 Å². The minimum Gasteiger partial charge on any atom is -0.515 e. The number of fused-ring (bicyclic) bond motifs is 1. The number of thioether (sulfide) groups is 1. The van der Waals surface area contributed by atoms with Crippen molar-refractivity contribution >= 4 is 17.5 Å². The van der Waals surface area contributed by atoms with Crippen LogP contribution in [0.1, 0.15) is 29.8 Å². The molecule has 0 radical (unpaired) electrons. The topological polar surface area (TPSA) is 37.3 Å². The summed E-state index contributed by atoms with van der Waals surface area (Å²) < 4.78 is -0.367. The highest BCUT2D eigenvalue weighted by Gasteiger charge is 2.37. The molecule has 1 N–H and O–H groups in total. The molecule has 16 heavy (non-hydrogen) atoms. The van der Waals surface area contributed by atoms with Crippen molar-refractivity contribution in [1.82, 2.24) is 0 Å². The molecule has 0 spiro atoms. The second-order valence-electron chi connectivity index (χ2n) is 4.48. The van der Waals surface area contributed by atoms with Gasteiger partial charge in [0.1, 0.15) is 0 Å². The van der Waals surface area contributed by atoms with Crippen LogP contribution in [0.25, 0.3) is 0 Å². The molecule has 1 aromatic rings. The molecule has 0 aliphatic carbocycles. The van der Waals surface area contributed by atoms with Crippen LogP contribution in [0, 0.1) is 6.92 Å². The largest absolute Gasteiger partial charge is 0.515 e. The van der Waals surface area contributed by atoms with E-state index >= 15 is 0 Å². The number of Topliss-reactive ketones (excluding diaryl/α,β-unsaturated/α-hetero) is 1. The van der Waals surface area contributed by atoms with Gasteiger partial charge in [0, 0.05) is 15.2 Å². The zero-order valence-corrected chi connectivity index (χ0v) is 10.4. The van der Waals surface area contributed by atoms with E-state index < -0.39 is 0 Å². The Morgan fingerprint density at radius 3 is 2.69 bits per heavy atom. The van der Waals surface area contributed by atoms with Gasteiger partial charge in [-0.3, -0.25) is 4.79 Å². The lowest BCUT2D eigenvalue weighted by molar-refractivity contribution is 0.102. The van der Waals surface area contributed by atoms with E-state index in [9.17, 15) is 9.90 Å². The molecule has 0 atom stereocenters. The van der Waals surface area contributed by atoms with Crippen molar-refractivity contribution in [3.8, 4) is 0 Å². The fourth-order valence-electron chi connectivity index (χ4n) is 1.87. The number of carbonyl (C=O) groups is 1. The zero-order chi connectivity index (χ0) is 11.9. The predicted octanol–water partition coefficient (Wildman–Crippen LogP) is 3.50. The molecule has 0 amide bonds.